The van der Waals surface area contributed by atoms with Crippen molar-refractivity contribution in [1.29, 1.82) is 0 Å². The number of benzene rings is 2. The van der Waals surface area contributed by atoms with Crippen LogP contribution in [0.25, 0.3) is 0 Å². The molecule has 2 aromatic rings. The summed E-state index contributed by atoms with van der Waals surface area (Å²) in [6, 6.07) is 8.85. The Morgan fingerprint density at radius 3 is 1.87 bits per heavy atom. The molecule has 2 rings (SSSR count). The molecular weight excluding hydrogens is 412 g/mol. The van der Waals surface area contributed by atoms with Gasteiger partial charge in [0.2, 0.25) is 5.91 Å². The van der Waals surface area contributed by atoms with Gasteiger partial charge in [-0.25, -0.2) is 8.42 Å². The fraction of sp³-hybridized carbons (Fsp3) is 0.458. The van der Waals surface area contributed by atoms with Gasteiger partial charge in [0.05, 0.1) is 17.7 Å². The summed E-state index contributed by atoms with van der Waals surface area (Å²) < 4.78 is 35.4. The van der Waals surface area contributed by atoms with Gasteiger partial charge in [0.15, 0.2) is 0 Å². The summed E-state index contributed by atoms with van der Waals surface area (Å²) in [7, 11) is -2.45. The quantitative estimate of drug-likeness (QED) is 0.535. The lowest BCUT2D eigenvalue weighted by Gasteiger charge is -2.23. The van der Waals surface area contributed by atoms with Crippen LogP contribution >= 0.6 is 0 Å². The summed E-state index contributed by atoms with van der Waals surface area (Å²) in [5.41, 5.74) is 3.45. The predicted octanol–water partition coefficient (Wildman–Crippen LogP) is 5.82. The van der Waals surface area contributed by atoms with Crippen LogP contribution in [0, 0.1) is 0 Å². The summed E-state index contributed by atoms with van der Waals surface area (Å²) >= 11 is 0. The minimum Gasteiger partial charge on any atom is -0.495 e. The minimum absolute atomic E-state index is 0.0235. The third-order valence-electron chi connectivity index (χ3n) is 5.11. The van der Waals surface area contributed by atoms with Gasteiger partial charge in [0.25, 0.3) is 10.0 Å². The predicted molar refractivity (Wildman–Crippen MR) is 127 cm³/mol. The molecular formula is C24H34N2O4S. The molecule has 0 aliphatic heterocycles. The van der Waals surface area contributed by atoms with Gasteiger partial charge < -0.3 is 10.1 Å². The maximum atomic E-state index is 13.7. The molecule has 0 fully saturated rings. The molecule has 6 nitrogen and oxygen atoms in total. The Morgan fingerprint density at radius 1 is 0.903 bits per heavy atom. The van der Waals surface area contributed by atoms with Crippen molar-refractivity contribution in [3.63, 3.8) is 0 Å². The number of methoxy groups -OCH3 is 1. The van der Waals surface area contributed by atoms with Gasteiger partial charge in [0.1, 0.15) is 5.75 Å². The molecule has 0 aliphatic rings. The average Bonchev–Trinajstić information content (AvgIpc) is 2.66. The average molecular weight is 447 g/mol. The number of rotatable bonds is 8. The van der Waals surface area contributed by atoms with Crippen molar-refractivity contribution in [1.82, 2.24) is 0 Å². The normalized spacial score (nSPS) is 11.8. The van der Waals surface area contributed by atoms with Crippen molar-refractivity contribution in [2.45, 2.75) is 71.1 Å². The summed E-state index contributed by atoms with van der Waals surface area (Å²) in [6.07, 6.45) is 0. The lowest BCUT2D eigenvalue weighted by molar-refractivity contribution is -0.114. The van der Waals surface area contributed by atoms with Crippen molar-refractivity contribution in [2.24, 2.45) is 0 Å². The zero-order chi connectivity index (χ0) is 23.5. The van der Waals surface area contributed by atoms with Gasteiger partial charge in [-0.05, 0) is 52.6 Å². The standard InChI is InChI=1S/C24H34N2O4S/c1-14(2)18-11-20(15(3)4)24(21(12-18)16(5)6)31(28,29)26-22-13-19(25-17(7)27)9-10-23(22)30-8/h9-16,26H,1-8H3,(H,25,27). The summed E-state index contributed by atoms with van der Waals surface area (Å²) in [6.45, 7) is 13.6. The Kier molecular flexibility index (Phi) is 7.76. The van der Waals surface area contributed by atoms with Crippen LogP contribution in [0.2, 0.25) is 0 Å². The molecule has 1 amide bonds. The maximum Gasteiger partial charge on any atom is 0.262 e. The zero-order valence-electron chi connectivity index (χ0n) is 19.7. The molecule has 0 radical (unpaired) electrons. The van der Waals surface area contributed by atoms with Gasteiger partial charge in [-0.15, -0.1) is 0 Å². The largest absolute Gasteiger partial charge is 0.495 e. The monoisotopic (exact) mass is 446 g/mol. The van der Waals surface area contributed by atoms with Crippen LogP contribution in [0.4, 0.5) is 11.4 Å². The number of ether oxygens (including phenoxy) is 1. The second-order valence-electron chi connectivity index (χ2n) is 8.69. The molecule has 0 heterocycles. The van der Waals surface area contributed by atoms with E-state index < -0.39 is 10.0 Å². The van der Waals surface area contributed by atoms with Gasteiger partial charge in [-0.2, -0.15) is 0 Å². The SMILES string of the molecule is COc1ccc(NC(C)=O)cc1NS(=O)(=O)c1c(C(C)C)cc(C(C)C)cc1C(C)C. The van der Waals surface area contributed by atoms with Crippen molar-refractivity contribution in [3.8, 4) is 5.75 Å². The van der Waals surface area contributed by atoms with Crippen molar-refractivity contribution >= 4 is 27.3 Å². The highest BCUT2D eigenvalue weighted by molar-refractivity contribution is 7.92. The van der Waals surface area contributed by atoms with Gasteiger partial charge in [-0.1, -0.05) is 53.7 Å². The number of hydrogen-bond donors (Lipinski definition) is 2. The molecule has 170 valence electrons. The Bertz CT molecular complexity index is 1030. The number of carbonyl (C=O) groups excluding carboxylic acids is 1. The Labute approximate surface area is 186 Å². The van der Waals surface area contributed by atoms with Gasteiger partial charge in [-0.3, -0.25) is 9.52 Å². The van der Waals surface area contributed by atoms with Crippen LogP contribution in [0.1, 0.15) is 82.9 Å². The number of nitrogens with one attached hydrogen (secondary N) is 2. The lowest BCUT2D eigenvalue weighted by atomic mass is 9.89. The van der Waals surface area contributed by atoms with E-state index in [0.29, 0.717) is 16.3 Å². The smallest absolute Gasteiger partial charge is 0.262 e. The molecule has 0 unspecified atom stereocenters. The highest BCUT2D eigenvalue weighted by Crippen LogP contribution is 2.37. The highest BCUT2D eigenvalue weighted by Gasteiger charge is 2.28. The van der Waals surface area contributed by atoms with E-state index >= 15 is 0 Å². The second-order valence-corrected chi connectivity index (χ2v) is 10.3. The van der Waals surface area contributed by atoms with E-state index in [1.54, 1.807) is 18.2 Å². The molecule has 31 heavy (non-hydrogen) atoms. The Morgan fingerprint density at radius 2 is 1.45 bits per heavy atom. The molecule has 7 heteroatoms. The third-order valence-corrected chi connectivity index (χ3v) is 6.61. The topological polar surface area (TPSA) is 84.5 Å². The van der Waals surface area contributed by atoms with E-state index in [2.05, 4.69) is 23.9 Å². The lowest BCUT2D eigenvalue weighted by Crippen LogP contribution is -2.19. The number of anilines is 2. The van der Waals surface area contributed by atoms with Crippen molar-refractivity contribution < 1.29 is 17.9 Å². The van der Waals surface area contributed by atoms with E-state index in [4.69, 9.17) is 4.74 Å². The molecule has 0 aliphatic carbocycles. The maximum absolute atomic E-state index is 13.7. The van der Waals surface area contributed by atoms with Crippen LogP contribution in [-0.4, -0.2) is 21.4 Å². The summed E-state index contributed by atoms with van der Waals surface area (Å²) in [5, 5.41) is 2.67. The molecule has 0 atom stereocenters. The van der Waals surface area contributed by atoms with E-state index in [0.717, 1.165) is 16.7 Å². The number of amides is 1. The van der Waals surface area contributed by atoms with Crippen LogP contribution < -0.4 is 14.8 Å². The van der Waals surface area contributed by atoms with E-state index in [9.17, 15) is 13.2 Å². The number of sulfonamides is 1. The second kappa shape index (κ2) is 9.73. The first kappa shape index (κ1) is 24.7. The van der Waals surface area contributed by atoms with Crippen molar-refractivity contribution in [3.05, 3.63) is 47.0 Å². The van der Waals surface area contributed by atoms with E-state index in [1.165, 1.54) is 14.0 Å². The summed E-state index contributed by atoms with van der Waals surface area (Å²) in [4.78, 5) is 11.7. The Balaban J connectivity index is 2.69. The first-order valence-electron chi connectivity index (χ1n) is 10.5. The van der Waals surface area contributed by atoms with Crippen LogP contribution in [0.3, 0.4) is 0 Å². The first-order chi connectivity index (χ1) is 14.4. The molecule has 0 saturated carbocycles. The van der Waals surface area contributed by atoms with E-state index in [-0.39, 0.29) is 29.3 Å². The molecule has 0 aromatic heterocycles. The molecule has 0 bridgehead atoms. The molecule has 0 saturated heterocycles. The van der Waals surface area contributed by atoms with Gasteiger partial charge in [0, 0.05) is 12.6 Å². The first-order valence-corrected chi connectivity index (χ1v) is 12.0. The molecule has 0 spiro atoms. The van der Waals surface area contributed by atoms with Crippen LogP contribution in [0.5, 0.6) is 5.75 Å². The van der Waals surface area contributed by atoms with E-state index in [1.807, 2.05) is 39.8 Å². The zero-order valence-corrected chi connectivity index (χ0v) is 20.5. The minimum atomic E-state index is -3.93. The number of hydrogen-bond acceptors (Lipinski definition) is 4. The fourth-order valence-corrected chi connectivity index (χ4v) is 5.23. The molecule has 2 N–H and O–H groups in total. The Hall–Kier alpha value is -2.54. The fourth-order valence-electron chi connectivity index (χ4n) is 3.46. The van der Waals surface area contributed by atoms with Crippen molar-refractivity contribution in [2.75, 3.05) is 17.1 Å². The van der Waals surface area contributed by atoms with Crippen LogP contribution in [0.15, 0.2) is 35.2 Å². The van der Waals surface area contributed by atoms with Crippen LogP contribution in [-0.2, 0) is 14.8 Å². The third kappa shape index (κ3) is 5.79. The van der Waals surface area contributed by atoms with Gasteiger partial charge >= 0.3 is 0 Å². The molecule has 2 aromatic carbocycles. The summed E-state index contributed by atoms with van der Waals surface area (Å²) in [5.74, 6) is 0.459. The number of carbonyl (C=O) groups is 1. The highest BCUT2D eigenvalue weighted by atomic mass is 32.2.